The number of hydrogen-bond acceptors (Lipinski definition) is 3. The van der Waals surface area contributed by atoms with Crippen molar-refractivity contribution in [3.63, 3.8) is 0 Å². The number of nitrogens with zero attached hydrogens (tertiary/aromatic N) is 1. The quantitative estimate of drug-likeness (QED) is 0.308. The minimum Gasteiger partial charge on any atom is -0.411 e. The van der Waals surface area contributed by atoms with Crippen molar-refractivity contribution in [1.82, 2.24) is 0 Å². The van der Waals surface area contributed by atoms with E-state index >= 15 is 0 Å². The molecule has 1 amide bonds. The number of rotatable bonds is 3. The third-order valence-electron chi connectivity index (χ3n) is 2.86. The average Bonchev–Trinajstić information content (AvgIpc) is 2.49. The van der Waals surface area contributed by atoms with Crippen LogP contribution in [-0.4, -0.2) is 16.8 Å². The lowest BCUT2D eigenvalue weighted by molar-refractivity contribution is 0.102. The Balaban J connectivity index is 2.26. The lowest BCUT2D eigenvalue weighted by Crippen LogP contribution is -2.13. The summed E-state index contributed by atoms with van der Waals surface area (Å²) in [4.78, 5) is 12.3. The fourth-order valence-electron chi connectivity index (χ4n) is 1.75. The number of carbonyl (C=O) groups is 1. The maximum absolute atomic E-state index is 12.3. The van der Waals surface area contributed by atoms with Crippen molar-refractivity contribution >= 4 is 55.8 Å². The fourth-order valence-corrected chi connectivity index (χ4v) is 2.69. The van der Waals surface area contributed by atoms with Crippen LogP contribution in [0, 0.1) is 3.57 Å². The van der Waals surface area contributed by atoms with E-state index in [1.165, 1.54) is 0 Å². The highest BCUT2D eigenvalue weighted by Gasteiger charge is 2.11. The van der Waals surface area contributed by atoms with E-state index in [9.17, 15) is 4.79 Å². The summed E-state index contributed by atoms with van der Waals surface area (Å²) in [6.45, 7) is 1.69. The lowest BCUT2D eigenvalue weighted by atomic mass is 10.1. The van der Waals surface area contributed by atoms with E-state index in [1.54, 1.807) is 31.2 Å². The van der Waals surface area contributed by atoms with Gasteiger partial charge in [0.05, 0.1) is 11.3 Å². The number of nitrogens with one attached hydrogen (secondary N) is 1. The summed E-state index contributed by atoms with van der Waals surface area (Å²) < 4.78 is 1.72. The molecule has 108 valence electrons. The Morgan fingerprint density at radius 1 is 1.29 bits per heavy atom. The first-order valence-electron chi connectivity index (χ1n) is 6.07. The second-order valence-electron chi connectivity index (χ2n) is 4.34. The van der Waals surface area contributed by atoms with Crippen molar-refractivity contribution in [3.8, 4) is 0 Å². The van der Waals surface area contributed by atoms with Crippen LogP contribution < -0.4 is 5.32 Å². The lowest BCUT2D eigenvalue weighted by Gasteiger charge is -2.09. The highest BCUT2D eigenvalue weighted by Crippen LogP contribution is 2.20. The van der Waals surface area contributed by atoms with Crippen LogP contribution in [-0.2, 0) is 0 Å². The first-order chi connectivity index (χ1) is 10.0. The van der Waals surface area contributed by atoms with E-state index < -0.39 is 0 Å². The smallest absolute Gasteiger partial charge is 0.256 e. The van der Waals surface area contributed by atoms with Gasteiger partial charge in [0.2, 0.25) is 0 Å². The summed E-state index contributed by atoms with van der Waals surface area (Å²) in [5.74, 6) is -0.184. The zero-order valence-electron chi connectivity index (χ0n) is 11.1. The maximum atomic E-state index is 12.3. The molecular weight excluding hydrogens is 447 g/mol. The molecule has 0 radical (unpaired) electrons. The molecule has 0 unspecified atom stereocenters. The summed E-state index contributed by atoms with van der Waals surface area (Å²) in [7, 11) is 0. The molecule has 2 aromatic rings. The Kier molecular flexibility index (Phi) is 5.35. The predicted octanol–water partition coefficient (Wildman–Crippen LogP) is 4.50. The Labute approximate surface area is 144 Å². The Bertz CT molecular complexity index is 717. The van der Waals surface area contributed by atoms with Crippen LogP contribution in [0.3, 0.4) is 0 Å². The van der Waals surface area contributed by atoms with Gasteiger partial charge in [-0.1, -0.05) is 33.2 Å². The molecule has 0 aliphatic rings. The molecule has 0 aliphatic heterocycles. The van der Waals surface area contributed by atoms with E-state index in [0.717, 1.165) is 13.6 Å². The van der Waals surface area contributed by atoms with E-state index in [4.69, 9.17) is 5.21 Å². The summed E-state index contributed by atoms with van der Waals surface area (Å²) in [5.41, 5.74) is 2.49. The Morgan fingerprint density at radius 2 is 2.05 bits per heavy atom. The van der Waals surface area contributed by atoms with E-state index in [0.29, 0.717) is 17.0 Å². The zero-order chi connectivity index (χ0) is 15.4. The van der Waals surface area contributed by atoms with Crippen molar-refractivity contribution in [2.24, 2.45) is 5.16 Å². The number of benzene rings is 2. The minimum atomic E-state index is -0.184. The number of anilines is 1. The highest BCUT2D eigenvalue weighted by molar-refractivity contribution is 14.1. The van der Waals surface area contributed by atoms with Gasteiger partial charge in [0.25, 0.3) is 5.91 Å². The van der Waals surface area contributed by atoms with Gasteiger partial charge in [-0.15, -0.1) is 0 Å². The molecule has 0 aliphatic carbocycles. The van der Waals surface area contributed by atoms with Gasteiger partial charge < -0.3 is 10.5 Å². The molecule has 21 heavy (non-hydrogen) atoms. The van der Waals surface area contributed by atoms with Gasteiger partial charge in [-0.25, -0.2) is 0 Å². The third-order valence-corrected chi connectivity index (χ3v) is 4.30. The largest absolute Gasteiger partial charge is 0.411 e. The SMILES string of the molecule is C/C(=N/O)c1cccc(NC(=O)c2cc(Br)ccc2I)c1. The molecule has 2 aromatic carbocycles. The molecule has 4 nitrogen and oxygen atoms in total. The van der Waals surface area contributed by atoms with Gasteiger partial charge in [-0.05, 0) is 59.8 Å². The number of halogens is 2. The van der Waals surface area contributed by atoms with Crippen LogP contribution in [0.15, 0.2) is 52.1 Å². The van der Waals surface area contributed by atoms with Crippen molar-refractivity contribution in [1.29, 1.82) is 0 Å². The molecule has 0 atom stereocenters. The molecule has 0 spiro atoms. The summed E-state index contributed by atoms with van der Waals surface area (Å²) in [6.07, 6.45) is 0. The minimum absolute atomic E-state index is 0.184. The standard InChI is InChI=1S/C15H12BrIN2O2/c1-9(19-21)10-3-2-4-12(7-10)18-15(20)13-8-11(16)5-6-14(13)17/h2-8,21H,1H3,(H,18,20)/b19-9-. The number of carbonyl (C=O) groups excluding carboxylic acids is 1. The maximum Gasteiger partial charge on any atom is 0.256 e. The van der Waals surface area contributed by atoms with Crippen LogP contribution in [0.5, 0.6) is 0 Å². The Morgan fingerprint density at radius 3 is 2.76 bits per heavy atom. The Hall–Kier alpha value is -1.41. The van der Waals surface area contributed by atoms with Gasteiger partial charge in [0.1, 0.15) is 0 Å². The molecular formula is C15H12BrIN2O2. The summed E-state index contributed by atoms with van der Waals surface area (Å²) >= 11 is 5.49. The van der Waals surface area contributed by atoms with Crippen molar-refractivity contribution < 1.29 is 10.0 Å². The second kappa shape index (κ2) is 7.04. The molecule has 0 heterocycles. The number of hydrogen-bond donors (Lipinski definition) is 2. The van der Waals surface area contributed by atoms with Gasteiger partial charge in [0, 0.05) is 19.3 Å². The van der Waals surface area contributed by atoms with Crippen LogP contribution >= 0.6 is 38.5 Å². The molecule has 2 rings (SSSR count). The molecule has 0 saturated carbocycles. The number of oxime groups is 1. The molecule has 6 heteroatoms. The monoisotopic (exact) mass is 458 g/mol. The predicted molar refractivity (Wildman–Crippen MR) is 95.3 cm³/mol. The molecule has 2 N–H and O–H groups in total. The van der Waals surface area contributed by atoms with Gasteiger partial charge in [0.15, 0.2) is 0 Å². The highest BCUT2D eigenvalue weighted by atomic mass is 127. The fraction of sp³-hybridized carbons (Fsp3) is 0.0667. The van der Waals surface area contributed by atoms with E-state index in [2.05, 4.69) is 49.0 Å². The van der Waals surface area contributed by atoms with Crippen LogP contribution in [0.1, 0.15) is 22.8 Å². The summed E-state index contributed by atoms with van der Waals surface area (Å²) in [5, 5.41) is 14.8. The van der Waals surface area contributed by atoms with Crippen LogP contribution in [0.4, 0.5) is 5.69 Å². The van der Waals surface area contributed by atoms with Gasteiger partial charge in [-0.2, -0.15) is 0 Å². The first kappa shape index (κ1) is 16.0. The normalized spacial score (nSPS) is 11.3. The van der Waals surface area contributed by atoms with Crippen LogP contribution in [0.2, 0.25) is 0 Å². The van der Waals surface area contributed by atoms with Crippen molar-refractivity contribution in [2.45, 2.75) is 6.92 Å². The molecule has 0 aromatic heterocycles. The van der Waals surface area contributed by atoms with Crippen molar-refractivity contribution in [3.05, 3.63) is 61.6 Å². The second-order valence-corrected chi connectivity index (χ2v) is 6.42. The third kappa shape index (κ3) is 4.04. The average molecular weight is 459 g/mol. The van der Waals surface area contributed by atoms with Crippen molar-refractivity contribution in [2.75, 3.05) is 5.32 Å². The zero-order valence-corrected chi connectivity index (χ0v) is 14.8. The first-order valence-corrected chi connectivity index (χ1v) is 7.94. The molecule has 0 saturated heterocycles. The van der Waals surface area contributed by atoms with E-state index in [1.807, 2.05) is 18.2 Å². The topological polar surface area (TPSA) is 61.7 Å². The van der Waals surface area contributed by atoms with Crippen LogP contribution in [0.25, 0.3) is 0 Å². The number of amides is 1. The van der Waals surface area contributed by atoms with Gasteiger partial charge in [-0.3, -0.25) is 4.79 Å². The molecule has 0 fully saturated rings. The summed E-state index contributed by atoms with van der Waals surface area (Å²) in [6, 6.07) is 12.7. The van der Waals surface area contributed by atoms with Gasteiger partial charge >= 0.3 is 0 Å². The van der Waals surface area contributed by atoms with E-state index in [-0.39, 0.29) is 5.91 Å². The molecule has 0 bridgehead atoms.